The second kappa shape index (κ2) is 9.77. The first-order valence-corrected chi connectivity index (χ1v) is 13.1. The van der Waals surface area contributed by atoms with E-state index < -0.39 is 6.09 Å². The number of aromatic nitrogens is 2. The van der Waals surface area contributed by atoms with Crippen LogP contribution in [0.4, 0.5) is 10.5 Å². The van der Waals surface area contributed by atoms with Crippen molar-refractivity contribution in [1.82, 2.24) is 24.1 Å². The third-order valence-corrected chi connectivity index (χ3v) is 8.35. The molecule has 4 amide bonds. The number of carbonyl (C=O) groups excluding carboxylic acids is 3. The minimum absolute atomic E-state index is 0.00528. The molecule has 10 nitrogen and oxygen atoms in total. The van der Waals surface area contributed by atoms with E-state index in [4.69, 9.17) is 0 Å². The quantitative estimate of drug-likeness (QED) is 0.378. The summed E-state index contributed by atoms with van der Waals surface area (Å²) in [4.78, 5) is 52.9. The minimum atomic E-state index is -0.994. The summed E-state index contributed by atoms with van der Waals surface area (Å²) in [6, 6.07) is 12.1. The fourth-order valence-corrected chi connectivity index (χ4v) is 5.87. The van der Waals surface area contributed by atoms with E-state index in [0.29, 0.717) is 30.6 Å². The Morgan fingerprint density at radius 2 is 1.74 bits per heavy atom. The van der Waals surface area contributed by atoms with E-state index in [0.717, 1.165) is 22.4 Å². The lowest BCUT2D eigenvalue weighted by Crippen LogP contribution is -2.60. The largest absolute Gasteiger partial charge is 0.465 e. The van der Waals surface area contributed by atoms with Crippen LogP contribution >= 0.6 is 0 Å². The van der Waals surface area contributed by atoms with Gasteiger partial charge in [-0.15, -0.1) is 0 Å². The Morgan fingerprint density at radius 3 is 2.33 bits per heavy atom. The smallest absolute Gasteiger partial charge is 0.407 e. The maximum absolute atomic E-state index is 12.8. The summed E-state index contributed by atoms with van der Waals surface area (Å²) >= 11 is 0. The van der Waals surface area contributed by atoms with Crippen LogP contribution in [0, 0.1) is 0 Å². The molecule has 2 aliphatic rings. The zero-order valence-electron chi connectivity index (χ0n) is 22.5. The highest BCUT2D eigenvalue weighted by molar-refractivity contribution is 6.21. The van der Waals surface area contributed by atoms with Gasteiger partial charge in [-0.1, -0.05) is 12.1 Å². The predicted octanol–water partition coefficient (Wildman–Crippen LogP) is 4.16. The van der Waals surface area contributed by atoms with Crippen molar-refractivity contribution in [3.05, 3.63) is 71.5 Å². The van der Waals surface area contributed by atoms with Crippen LogP contribution in [-0.2, 0) is 11.3 Å². The van der Waals surface area contributed by atoms with Crippen LogP contribution in [0.5, 0.6) is 0 Å². The highest BCUT2D eigenvalue weighted by Gasteiger charge is 2.47. The summed E-state index contributed by atoms with van der Waals surface area (Å²) in [5, 5.41) is 14.3. The molecule has 3 heterocycles. The molecule has 2 aromatic carbocycles. The molecule has 1 unspecified atom stereocenters. The molecule has 39 heavy (non-hydrogen) atoms. The monoisotopic (exact) mass is 530 g/mol. The molecule has 3 aromatic rings. The number of amides is 4. The number of hydrogen-bond donors (Lipinski definition) is 1. The topological polar surface area (TPSA) is 113 Å². The molecule has 1 N–H and O–H groups in total. The molecule has 10 heteroatoms. The minimum Gasteiger partial charge on any atom is -0.465 e. The molecule has 0 saturated heterocycles. The molecular formula is C29H32N5O5+. The molecule has 0 saturated carbocycles. The normalized spacial score (nSPS) is 22.0. The van der Waals surface area contributed by atoms with Gasteiger partial charge < -0.3 is 10.0 Å². The van der Waals surface area contributed by atoms with E-state index in [9.17, 15) is 24.3 Å². The van der Waals surface area contributed by atoms with Crippen molar-refractivity contribution in [2.75, 3.05) is 20.1 Å². The van der Waals surface area contributed by atoms with Crippen LogP contribution in [-0.4, -0.2) is 74.7 Å². The van der Waals surface area contributed by atoms with E-state index in [1.54, 1.807) is 42.1 Å². The average molecular weight is 531 g/mol. The number of carboxylic acid groups (broad SMARTS) is 1. The Labute approximate surface area is 226 Å². The molecule has 0 bridgehead atoms. The summed E-state index contributed by atoms with van der Waals surface area (Å²) in [6.45, 7) is 6.22. The Bertz CT molecular complexity index is 1460. The summed E-state index contributed by atoms with van der Waals surface area (Å²) < 4.78 is 1.78. The SMILES string of the molecule is CCN(C(=O)O)C1C[C@H](C)[N@+](C)(C(C)=O)c2ccc(-c3cnn(CCN4C(=O)c5ccccc5C4=O)c3)cc21. The predicted molar refractivity (Wildman–Crippen MR) is 145 cm³/mol. The van der Waals surface area contributed by atoms with Gasteiger partial charge in [0.05, 0.1) is 49.9 Å². The molecule has 0 aliphatic carbocycles. The second-order valence-electron chi connectivity index (χ2n) is 10.3. The van der Waals surface area contributed by atoms with Crippen molar-refractivity contribution in [3.8, 4) is 11.1 Å². The van der Waals surface area contributed by atoms with Crippen LogP contribution in [0.2, 0.25) is 0 Å². The van der Waals surface area contributed by atoms with Crippen LogP contribution in [0.15, 0.2) is 54.9 Å². The molecule has 1 aromatic heterocycles. The maximum atomic E-state index is 12.8. The molecule has 5 rings (SSSR count). The lowest BCUT2D eigenvalue weighted by Gasteiger charge is -2.45. The maximum Gasteiger partial charge on any atom is 0.407 e. The summed E-state index contributed by atoms with van der Waals surface area (Å²) in [5.74, 6) is -0.610. The van der Waals surface area contributed by atoms with Crippen LogP contribution in [0.1, 0.15) is 59.5 Å². The third kappa shape index (κ3) is 4.21. The van der Waals surface area contributed by atoms with Crippen LogP contribution in [0.25, 0.3) is 11.1 Å². The van der Waals surface area contributed by atoms with Gasteiger partial charge in [0.15, 0.2) is 0 Å². The first kappa shape index (κ1) is 26.3. The number of imide groups is 1. The molecule has 0 radical (unpaired) electrons. The van der Waals surface area contributed by atoms with Gasteiger partial charge in [-0.2, -0.15) is 5.10 Å². The van der Waals surface area contributed by atoms with E-state index >= 15 is 0 Å². The summed E-state index contributed by atoms with van der Waals surface area (Å²) in [5.41, 5.74) is 4.10. The van der Waals surface area contributed by atoms with Gasteiger partial charge in [-0.25, -0.2) is 14.1 Å². The van der Waals surface area contributed by atoms with Gasteiger partial charge in [-0.3, -0.25) is 19.2 Å². The zero-order chi connectivity index (χ0) is 28.1. The van der Waals surface area contributed by atoms with Crippen molar-refractivity contribution in [3.63, 3.8) is 0 Å². The van der Waals surface area contributed by atoms with Crippen LogP contribution in [0.3, 0.4) is 0 Å². The number of quaternary nitrogens is 1. The molecule has 0 fully saturated rings. The Kier molecular flexibility index (Phi) is 6.59. The van der Waals surface area contributed by atoms with Crippen molar-refractivity contribution in [2.24, 2.45) is 0 Å². The average Bonchev–Trinajstić information content (AvgIpc) is 3.48. The van der Waals surface area contributed by atoms with Crippen molar-refractivity contribution in [1.29, 1.82) is 0 Å². The van der Waals surface area contributed by atoms with E-state index in [-0.39, 0.29) is 40.8 Å². The van der Waals surface area contributed by atoms with Crippen molar-refractivity contribution < 1.29 is 24.3 Å². The Balaban J connectivity index is 1.43. The number of nitrogens with zero attached hydrogens (tertiary/aromatic N) is 5. The zero-order valence-corrected chi connectivity index (χ0v) is 22.5. The highest BCUT2D eigenvalue weighted by atomic mass is 16.4. The lowest BCUT2D eigenvalue weighted by molar-refractivity contribution is -0.129. The molecular weight excluding hydrogens is 498 g/mol. The fourth-order valence-electron chi connectivity index (χ4n) is 5.87. The summed E-state index contributed by atoms with van der Waals surface area (Å²) in [6.07, 6.45) is 3.07. The van der Waals surface area contributed by atoms with E-state index in [1.807, 2.05) is 45.3 Å². The Morgan fingerprint density at radius 1 is 1.08 bits per heavy atom. The molecule has 202 valence electrons. The molecule has 3 atom stereocenters. The van der Waals surface area contributed by atoms with Crippen molar-refractivity contribution in [2.45, 2.75) is 45.8 Å². The third-order valence-electron chi connectivity index (χ3n) is 8.35. The van der Waals surface area contributed by atoms with E-state index in [1.165, 1.54) is 9.80 Å². The van der Waals surface area contributed by atoms with E-state index in [2.05, 4.69) is 5.10 Å². The number of fused-ring (bicyclic) bond motifs is 2. The molecule has 0 spiro atoms. The van der Waals surface area contributed by atoms with Gasteiger partial charge in [0, 0.05) is 42.9 Å². The van der Waals surface area contributed by atoms with Gasteiger partial charge in [0.2, 0.25) is 0 Å². The van der Waals surface area contributed by atoms with Gasteiger partial charge in [0.25, 0.3) is 11.8 Å². The second-order valence-corrected chi connectivity index (χ2v) is 10.3. The van der Waals surface area contributed by atoms with Crippen molar-refractivity contribution >= 4 is 29.5 Å². The number of hydrogen-bond acceptors (Lipinski definition) is 5. The number of benzene rings is 2. The van der Waals surface area contributed by atoms with Crippen LogP contribution < -0.4 is 4.48 Å². The van der Waals surface area contributed by atoms with Gasteiger partial charge in [0.1, 0.15) is 5.69 Å². The summed E-state index contributed by atoms with van der Waals surface area (Å²) in [7, 11) is 1.88. The lowest BCUT2D eigenvalue weighted by atomic mass is 9.86. The fraction of sp³-hybridized carbons (Fsp3) is 0.345. The number of rotatable bonds is 6. The first-order chi connectivity index (χ1) is 18.6. The van der Waals surface area contributed by atoms with Gasteiger partial charge in [-0.05, 0) is 43.7 Å². The standard InChI is InChI=1S/C29H31N5O5/c1-5-32(29(38)39)25-14-18(2)34(4,19(3)35)26-11-10-20(15-24(25)26)21-16-30-31(17-21)12-13-33-27(36)22-8-6-7-9-23(22)28(33)37/h6-11,15-18,25H,5,12-14H2,1-4H3/p+1/t18-,25?,34+/m0/s1. The number of carbonyl (C=O) groups is 4. The molecule has 2 aliphatic heterocycles. The first-order valence-electron chi connectivity index (χ1n) is 13.1. The Hall–Kier alpha value is -4.31. The van der Waals surface area contributed by atoms with Gasteiger partial charge >= 0.3 is 12.0 Å². The highest BCUT2D eigenvalue weighted by Crippen LogP contribution is 2.45.